The number of nitrogen functional groups attached to an aromatic ring is 1. The first-order valence-corrected chi connectivity index (χ1v) is 5.29. The monoisotopic (exact) mass is 224 g/mol. The second-order valence-corrected chi connectivity index (χ2v) is 3.78. The quantitative estimate of drug-likeness (QED) is 0.554. The molecule has 17 heavy (non-hydrogen) atoms. The summed E-state index contributed by atoms with van der Waals surface area (Å²) < 4.78 is 0. The number of nitrogens with two attached hydrogens (primary N) is 1. The van der Waals surface area contributed by atoms with Crippen LogP contribution in [0, 0.1) is 12.3 Å². The van der Waals surface area contributed by atoms with Crippen LogP contribution in [-0.4, -0.2) is 5.84 Å². The molecule has 0 amide bonds. The molecule has 3 nitrogen and oxygen atoms in total. The molecule has 0 aliphatic carbocycles. The number of hydrogen-bond acceptors (Lipinski definition) is 2. The summed E-state index contributed by atoms with van der Waals surface area (Å²) in [5, 5.41) is 10.6. The Morgan fingerprint density at radius 1 is 1.12 bits per heavy atom. The minimum Gasteiger partial charge on any atom is -0.384 e. The summed E-state index contributed by atoms with van der Waals surface area (Å²) in [5.74, 6) is 0.0663. The van der Waals surface area contributed by atoms with Crippen molar-refractivity contribution in [2.45, 2.75) is 0 Å². The fourth-order valence-corrected chi connectivity index (χ4v) is 1.56. The predicted octanol–water partition coefficient (Wildman–Crippen LogP) is 2.90. The summed E-state index contributed by atoms with van der Waals surface area (Å²) in [4.78, 5) is 0. The molecular formula is C14H14N3. The first-order valence-electron chi connectivity index (χ1n) is 5.29. The minimum atomic E-state index is 0.0663. The first-order chi connectivity index (χ1) is 8.16. The number of benzene rings is 2. The van der Waals surface area contributed by atoms with Gasteiger partial charge in [-0.1, -0.05) is 30.3 Å². The summed E-state index contributed by atoms with van der Waals surface area (Å²) >= 11 is 0. The molecular weight excluding hydrogens is 210 g/mol. The van der Waals surface area contributed by atoms with E-state index in [9.17, 15) is 0 Å². The Hall–Kier alpha value is -2.29. The lowest BCUT2D eigenvalue weighted by molar-refractivity contribution is 1.42. The fourth-order valence-electron chi connectivity index (χ4n) is 1.56. The van der Waals surface area contributed by atoms with Gasteiger partial charge in [-0.3, -0.25) is 5.41 Å². The van der Waals surface area contributed by atoms with Crippen LogP contribution in [0.15, 0.2) is 48.5 Å². The molecule has 1 radical (unpaired) electrons. The van der Waals surface area contributed by atoms with E-state index in [2.05, 4.69) is 12.2 Å². The molecule has 0 aliphatic rings. The largest absolute Gasteiger partial charge is 0.384 e. The predicted molar refractivity (Wildman–Crippen MR) is 71.6 cm³/mol. The molecule has 0 fully saturated rings. The van der Waals surface area contributed by atoms with E-state index >= 15 is 0 Å². The molecule has 3 heteroatoms. The van der Waals surface area contributed by atoms with Crippen LogP contribution in [0.5, 0.6) is 0 Å². The van der Waals surface area contributed by atoms with Crippen molar-refractivity contribution in [3.8, 4) is 0 Å². The highest BCUT2D eigenvalue weighted by molar-refractivity contribution is 5.95. The van der Waals surface area contributed by atoms with Crippen molar-refractivity contribution in [1.82, 2.24) is 0 Å². The summed E-state index contributed by atoms with van der Waals surface area (Å²) in [5.41, 5.74) is 8.93. The van der Waals surface area contributed by atoms with E-state index < -0.39 is 0 Å². The molecule has 0 aromatic heterocycles. The van der Waals surface area contributed by atoms with E-state index in [-0.39, 0.29) is 5.84 Å². The van der Waals surface area contributed by atoms with Crippen molar-refractivity contribution in [3.05, 3.63) is 66.6 Å². The van der Waals surface area contributed by atoms with Crippen molar-refractivity contribution >= 4 is 17.2 Å². The summed E-state index contributed by atoms with van der Waals surface area (Å²) in [6.45, 7) is 3.94. The zero-order chi connectivity index (χ0) is 12.3. The van der Waals surface area contributed by atoms with Gasteiger partial charge in [0.2, 0.25) is 0 Å². The van der Waals surface area contributed by atoms with Gasteiger partial charge in [0, 0.05) is 16.9 Å². The molecule has 2 rings (SSSR count). The summed E-state index contributed by atoms with van der Waals surface area (Å²) in [7, 11) is 0. The molecule has 0 saturated carbocycles. The molecule has 85 valence electrons. The van der Waals surface area contributed by atoms with Gasteiger partial charge >= 0.3 is 0 Å². The molecule has 0 heterocycles. The number of anilines is 2. The maximum atomic E-state index is 7.39. The third kappa shape index (κ3) is 2.64. The van der Waals surface area contributed by atoms with Crippen LogP contribution < -0.4 is 11.1 Å². The highest BCUT2D eigenvalue weighted by Gasteiger charge is 2.00. The van der Waals surface area contributed by atoms with Crippen LogP contribution >= 0.6 is 0 Å². The molecule has 4 N–H and O–H groups in total. The highest BCUT2D eigenvalue weighted by Crippen LogP contribution is 2.20. The Bertz CT molecular complexity index is 547. The summed E-state index contributed by atoms with van der Waals surface area (Å²) in [6, 6.07) is 15.2. The van der Waals surface area contributed by atoms with Gasteiger partial charge in [0.25, 0.3) is 0 Å². The molecule has 0 aliphatic heterocycles. The van der Waals surface area contributed by atoms with Gasteiger partial charge in [0.05, 0.1) is 0 Å². The Morgan fingerprint density at radius 3 is 2.59 bits per heavy atom. The van der Waals surface area contributed by atoms with Crippen molar-refractivity contribution in [3.63, 3.8) is 0 Å². The molecule has 2 aromatic carbocycles. The van der Waals surface area contributed by atoms with E-state index in [0.29, 0.717) is 5.56 Å². The zero-order valence-electron chi connectivity index (χ0n) is 9.40. The van der Waals surface area contributed by atoms with Gasteiger partial charge in [-0.15, -0.1) is 0 Å². The lowest BCUT2D eigenvalue weighted by atomic mass is 10.1. The molecule has 0 bridgehead atoms. The fraction of sp³-hybridized carbons (Fsp3) is 0. The lowest BCUT2D eigenvalue weighted by Gasteiger charge is -2.10. The van der Waals surface area contributed by atoms with Gasteiger partial charge < -0.3 is 11.1 Å². The number of rotatable bonds is 3. The maximum absolute atomic E-state index is 7.39. The van der Waals surface area contributed by atoms with Crippen LogP contribution in [0.2, 0.25) is 0 Å². The molecule has 0 atom stereocenters. The third-order valence-corrected chi connectivity index (χ3v) is 2.47. The van der Waals surface area contributed by atoms with Gasteiger partial charge in [-0.05, 0) is 30.7 Å². The number of amidine groups is 1. The smallest absolute Gasteiger partial charge is 0.122 e. The second-order valence-electron chi connectivity index (χ2n) is 3.78. The van der Waals surface area contributed by atoms with Crippen LogP contribution in [0.25, 0.3) is 0 Å². The Kier molecular flexibility index (Phi) is 3.10. The van der Waals surface area contributed by atoms with Crippen molar-refractivity contribution in [2.75, 3.05) is 5.32 Å². The van der Waals surface area contributed by atoms with E-state index in [4.69, 9.17) is 11.1 Å². The number of hydrogen-bond donors (Lipinski definition) is 3. The van der Waals surface area contributed by atoms with E-state index in [0.717, 1.165) is 16.9 Å². The third-order valence-electron chi connectivity index (χ3n) is 2.47. The normalized spacial score (nSPS) is 9.94. The van der Waals surface area contributed by atoms with Gasteiger partial charge in [0.15, 0.2) is 0 Å². The van der Waals surface area contributed by atoms with Crippen molar-refractivity contribution < 1.29 is 0 Å². The van der Waals surface area contributed by atoms with Gasteiger partial charge in [0.1, 0.15) is 5.84 Å². The van der Waals surface area contributed by atoms with Gasteiger partial charge in [-0.2, -0.15) is 0 Å². The Balaban J connectivity index is 2.28. The minimum absolute atomic E-state index is 0.0663. The van der Waals surface area contributed by atoms with Crippen molar-refractivity contribution in [1.29, 1.82) is 5.41 Å². The van der Waals surface area contributed by atoms with E-state index in [1.807, 2.05) is 48.5 Å². The van der Waals surface area contributed by atoms with Gasteiger partial charge in [-0.25, -0.2) is 0 Å². The number of nitrogens with one attached hydrogen (secondary N) is 2. The Labute approximate surface area is 101 Å². The standard InChI is InChI=1S/C14H14N3/c1-10-5-2-3-8-13(10)17-12-7-4-6-11(9-12)14(15)16/h2-9,17H,1H2,(H3,15,16). The van der Waals surface area contributed by atoms with E-state index in [1.165, 1.54) is 0 Å². The van der Waals surface area contributed by atoms with Crippen LogP contribution in [0.3, 0.4) is 0 Å². The SMILES string of the molecule is [CH2]c1ccccc1Nc1cccc(C(=N)N)c1. The van der Waals surface area contributed by atoms with Crippen LogP contribution in [0.1, 0.15) is 11.1 Å². The summed E-state index contributed by atoms with van der Waals surface area (Å²) in [6.07, 6.45) is 0. The highest BCUT2D eigenvalue weighted by atomic mass is 14.9. The average Bonchev–Trinajstić information content (AvgIpc) is 2.32. The number of para-hydroxylation sites is 1. The molecule has 0 unspecified atom stereocenters. The maximum Gasteiger partial charge on any atom is 0.122 e. The lowest BCUT2D eigenvalue weighted by Crippen LogP contribution is -2.10. The van der Waals surface area contributed by atoms with E-state index in [1.54, 1.807) is 0 Å². The van der Waals surface area contributed by atoms with Crippen LogP contribution in [-0.2, 0) is 0 Å². The molecule has 0 spiro atoms. The molecule has 2 aromatic rings. The average molecular weight is 224 g/mol. The second kappa shape index (κ2) is 4.70. The molecule has 0 saturated heterocycles. The van der Waals surface area contributed by atoms with Crippen LogP contribution in [0.4, 0.5) is 11.4 Å². The topological polar surface area (TPSA) is 61.9 Å². The Morgan fingerprint density at radius 2 is 1.88 bits per heavy atom. The van der Waals surface area contributed by atoms with Crippen molar-refractivity contribution in [2.24, 2.45) is 5.73 Å². The zero-order valence-corrected chi connectivity index (χ0v) is 9.40. The first kappa shape index (κ1) is 11.2.